The molecule has 0 saturated carbocycles. The summed E-state index contributed by atoms with van der Waals surface area (Å²) in [6, 6.07) is -0.189. The first-order chi connectivity index (χ1) is 9.47. The zero-order chi connectivity index (χ0) is 15.1. The molecule has 6 nitrogen and oxygen atoms in total. The molecule has 0 bridgehead atoms. The van der Waals surface area contributed by atoms with E-state index in [-0.39, 0.29) is 11.9 Å². The van der Waals surface area contributed by atoms with Crippen molar-refractivity contribution >= 4 is 11.9 Å². The van der Waals surface area contributed by atoms with Gasteiger partial charge in [0.05, 0.1) is 6.54 Å². The molecule has 20 heavy (non-hydrogen) atoms. The van der Waals surface area contributed by atoms with E-state index in [0.29, 0.717) is 19.6 Å². The number of aliphatic carboxylic acids is 1. The van der Waals surface area contributed by atoms with Crippen LogP contribution in [0.2, 0.25) is 0 Å². The second-order valence-electron chi connectivity index (χ2n) is 5.41. The Morgan fingerprint density at radius 3 is 2.15 bits per heavy atom. The topological polar surface area (TPSA) is 72.9 Å². The second-order valence-corrected chi connectivity index (χ2v) is 5.41. The third-order valence-electron chi connectivity index (χ3n) is 4.03. The smallest absolute Gasteiger partial charge is 0.320 e. The van der Waals surface area contributed by atoms with Crippen LogP contribution in [0.25, 0.3) is 0 Å². The van der Waals surface area contributed by atoms with Crippen molar-refractivity contribution in [2.24, 2.45) is 0 Å². The highest BCUT2D eigenvalue weighted by molar-refractivity contribution is 5.78. The van der Waals surface area contributed by atoms with E-state index in [0.717, 1.165) is 25.9 Å². The normalized spacial score (nSPS) is 19.0. The second kappa shape index (κ2) is 8.21. The summed E-state index contributed by atoms with van der Waals surface area (Å²) in [5, 5.41) is 12.0. The minimum Gasteiger partial charge on any atom is -0.480 e. The van der Waals surface area contributed by atoms with E-state index in [1.165, 1.54) is 0 Å². The van der Waals surface area contributed by atoms with Gasteiger partial charge in [-0.15, -0.1) is 0 Å². The maximum absolute atomic E-state index is 11.9. The molecule has 0 aliphatic carbocycles. The van der Waals surface area contributed by atoms with Crippen LogP contribution >= 0.6 is 0 Å². The van der Waals surface area contributed by atoms with Gasteiger partial charge in [-0.25, -0.2) is 0 Å². The number of nitrogens with one attached hydrogen (secondary N) is 1. The lowest BCUT2D eigenvalue weighted by atomic mass is 10.1. The molecule has 1 fully saturated rings. The summed E-state index contributed by atoms with van der Waals surface area (Å²) in [6.45, 7) is 9.14. The Balaban J connectivity index is 2.32. The Hall–Kier alpha value is -1.14. The van der Waals surface area contributed by atoms with Crippen molar-refractivity contribution in [2.75, 3.05) is 32.7 Å². The number of amides is 1. The van der Waals surface area contributed by atoms with E-state index in [1.807, 2.05) is 4.90 Å². The van der Waals surface area contributed by atoms with E-state index in [9.17, 15) is 9.59 Å². The van der Waals surface area contributed by atoms with Crippen molar-refractivity contribution in [1.29, 1.82) is 0 Å². The summed E-state index contributed by atoms with van der Waals surface area (Å²) in [4.78, 5) is 26.9. The molecule has 6 heteroatoms. The number of piperazine rings is 1. The van der Waals surface area contributed by atoms with E-state index in [2.05, 4.69) is 24.1 Å². The van der Waals surface area contributed by atoms with Crippen LogP contribution < -0.4 is 5.32 Å². The van der Waals surface area contributed by atoms with Crippen molar-refractivity contribution in [3.63, 3.8) is 0 Å². The SMILES string of the molecule is CCC(CC)NC(=O)CN1CCN(C(C)C(=O)O)CC1. The highest BCUT2D eigenvalue weighted by Gasteiger charge is 2.25. The lowest BCUT2D eigenvalue weighted by Gasteiger charge is -2.36. The zero-order valence-corrected chi connectivity index (χ0v) is 12.8. The fourth-order valence-electron chi connectivity index (χ4n) is 2.43. The number of hydrogen-bond acceptors (Lipinski definition) is 4. The van der Waals surface area contributed by atoms with Crippen molar-refractivity contribution < 1.29 is 14.7 Å². The van der Waals surface area contributed by atoms with Crippen LogP contribution in [-0.4, -0.2) is 71.6 Å². The van der Waals surface area contributed by atoms with Gasteiger partial charge in [0.1, 0.15) is 6.04 Å². The molecule has 0 spiro atoms. The van der Waals surface area contributed by atoms with Crippen LogP contribution in [0, 0.1) is 0 Å². The quantitative estimate of drug-likeness (QED) is 0.707. The van der Waals surface area contributed by atoms with Crippen molar-refractivity contribution in [1.82, 2.24) is 15.1 Å². The standard InChI is InChI=1S/C14H27N3O3/c1-4-12(5-2)15-13(18)10-16-6-8-17(9-7-16)11(3)14(19)20/h11-12H,4-10H2,1-3H3,(H,15,18)(H,19,20). The third-order valence-corrected chi connectivity index (χ3v) is 4.03. The third kappa shape index (κ3) is 5.09. The van der Waals surface area contributed by atoms with E-state index < -0.39 is 12.0 Å². The van der Waals surface area contributed by atoms with Crippen LogP contribution in [0.4, 0.5) is 0 Å². The predicted octanol–water partition coefficient (Wildman–Crippen LogP) is 0.382. The maximum Gasteiger partial charge on any atom is 0.320 e. The van der Waals surface area contributed by atoms with Crippen molar-refractivity contribution in [3.8, 4) is 0 Å². The van der Waals surface area contributed by atoms with Gasteiger partial charge in [0.2, 0.25) is 5.91 Å². The summed E-state index contributed by atoms with van der Waals surface area (Å²) >= 11 is 0. The summed E-state index contributed by atoms with van der Waals surface area (Å²) in [6.07, 6.45) is 1.90. The molecule has 1 amide bonds. The Kier molecular flexibility index (Phi) is 6.95. The van der Waals surface area contributed by atoms with Crippen molar-refractivity contribution in [3.05, 3.63) is 0 Å². The van der Waals surface area contributed by atoms with Crippen LogP contribution in [-0.2, 0) is 9.59 Å². The lowest BCUT2D eigenvalue weighted by molar-refractivity contribution is -0.143. The molecular formula is C14H27N3O3. The number of carbonyl (C=O) groups excluding carboxylic acids is 1. The molecule has 116 valence electrons. The summed E-state index contributed by atoms with van der Waals surface area (Å²) < 4.78 is 0. The van der Waals surface area contributed by atoms with Gasteiger partial charge in [-0.05, 0) is 19.8 Å². The Bertz CT molecular complexity index is 324. The van der Waals surface area contributed by atoms with Crippen molar-refractivity contribution in [2.45, 2.75) is 45.7 Å². The minimum atomic E-state index is -0.787. The molecule has 1 aliphatic rings. The average molecular weight is 285 g/mol. The molecule has 2 N–H and O–H groups in total. The monoisotopic (exact) mass is 285 g/mol. The van der Waals surface area contributed by atoms with Gasteiger partial charge in [0.25, 0.3) is 0 Å². The summed E-state index contributed by atoms with van der Waals surface area (Å²) in [5.41, 5.74) is 0. The van der Waals surface area contributed by atoms with Gasteiger partial charge >= 0.3 is 5.97 Å². The lowest BCUT2D eigenvalue weighted by Crippen LogP contribution is -2.53. The average Bonchev–Trinajstić information content (AvgIpc) is 2.44. The first-order valence-electron chi connectivity index (χ1n) is 7.46. The molecule has 0 radical (unpaired) electrons. The Morgan fingerprint density at radius 1 is 1.15 bits per heavy atom. The number of nitrogens with zero attached hydrogens (tertiary/aromatic N) is 2. The molecule has 0 aromatic carbocycles. The largest absolute Gasteiger partial charge is 0.480 e. The van der Waals surface area contributed by atoms with Gasteiger partial charge in [-0.1, -0.05) is 13.8 Å². The molecule has 1 rings (SSSR count). The predicted molar refractivity (Wildman–Crippen MR) is 77.6 cm³/mol. The number of rotatable bonds is 7. The highest BCUT2D eigenvalue weighted by Crippen LogP contribution is 2.06. The first kappa shape index (κ1) is 16.9. The van der Waals surface area contributed by atoms with E-state index in [4.69, 9.17) is 5.11 Å². The fraction of sp³-hybridized carbons (Fsp3) is 0.857. The number of carbonyl (C=O) groups is 2. The van der Waals surface area contributed by atoms with Crippen LogP contribution in [0.3, 0.4) is 0 Å². The number of carboxylic acid groups (broad SMARTS) is 1. The molecule has 1 saturated heterocycles. The molecule has 1 heterocycles. The van der Waals surface area contributed by atoms with Gasteiger partial charge < -0.3 is 10.4 Å². The maximum atomic E-state index is 11.9. The molecule has 1 unspecified atom stereocenters. The molecule has 0 aromatic heterocycles. The molecule has 1 aliphatic heterocycles. The first-order valence-corrected chi connectivity index (χ1v) is 7.46. The van der Waals surface area contributed by atoms with Gasteiger partial charge in [0.15, 0.2) is 0 Å². The fourth-order valence-corrected chi connectivity index (χ4v) is 2.43. The van der Waals surface area contributed by atoms with Gasteiger partial charge in [-0.3, -0.25) is 19.4 Å². The number of hydrogen-bond donors (Lipinski definition) is 2. The Morgan fingerprint density at radius 2 is 1.70 bits per heavy atom. The van der Waals surface area contributed by atoms with Crippen LogP contribution in [0.1, 0.15) is 33.6 Å². The van der Waals surface area contributed by atoms with E-state index >= 15 is 0 Å². The zero-order valence-electron chi connectivity index (χ0n) is 12.8. The van der Waals surface area contributed by atoms with Crippen LogP contribution in [0.15, 0.2) is 0 Å². The van der Waals surface area contributed by atoms with E-state index in [1.54, 1.807) is 6.92 Å². The summed E-state index contributed by atoms with van der Waals surface area (Å²) in [7, 11) is 0. The van der Waals surface area contributed by atoms with Gasteiger partial charge in [0, 0.05) is 32.2 Å². The van der Waals surface area contributed by atoms with Gasteiger partial charge in [-0.2, -0.15) is 0 Å². The molecule has 0 aromatic rings. The summed E-state index contributed by atoms with van der Waals surface area (Å²) in [5.74, 6) is -0.719. The minimum absolute atomic E-state index is 0.0680. The highest BCUT2D eigenvalue weighted by atomic mass is 16.4. The molecular weight excluding hydrogens is 258 g/mol. The van der Waals surface area contributed by atoms with Crippen LogP contribution in [0.5, 0.6) is 0 Å². The Labute approximate surface area is 121 Å². The molecule has 1 atom stereocenters. The number of carboxylic acids is 1.